The summed E-state index contributed by atoms with van der Waals surface area (Å²) >= 11 is 9.73. The summed E-state index contributed by atoms with van der Waals surface area (Å²) in [5.74, 6) is 0.417. The maximum Gasteiger partial charge on any atom is 0.0624 e. The van der Waals surface area contributed by atoms with Crippen molar-refractivity contribution in [1.82, 2.24) is 9.78 Å². The molecule has 0 amide bonds. The Labute approximate surface area is 134 Å². The minimum absolute atomic E-state index is 0.417. The van der Waals surface area contributed by atoms with Crippen LogP contribution in [0.3, 0.4) is 0 Å². The van der Waals surface area contributed by atoms with Crippen molar-refractivity contribution in [2.24, 2.45) is 0 Å². The zero-order valence-electron chi connectivity index (χ0n) is 11.9. The van der Waals surface area contributed by atoms with Crippen LogP contribution < -0.4 is 0 Å². The SMILES string of the molecule is CCc1cc(CC(CBr)c2cccc(Cl)c2)n(CC)n1. The molecule has 0 radical (unpaired) electrons. The summed E-state index contributed by atoms with van der Waals surface area (Å²) in [5.41, 5.74) is 3.74. The van der Waals surface area contributed by atoms with E-state index in [1.807, 2.05) is 12.1 Å². The smallest absolute Gasteiger partial charge is 0.0624 e. The van der Waals surface area contributed by atoms with Gasteiger partial charge in [-0.25, -0.2) is 0 Å². The molecule has 2 rings (SSSR count). The lowest BCUT2D eigenvalue weighted by Crippen LogP contribution is -2.10. The van der Waals surface area contributed by atoms with Crippen molar-refractivity contribution >= 4 is 27.5 Å². The number of aromatic nitrogens is 2. The van der Waals surface area contributed by atoms with Gasteiger partial charge in [-0.15, -0.1) is 0 Å². The van der Waals surface area contributed by atoms with Gasteiger partial charge in [0, 0.05) is 22.6 Å². The molecule has 1 heterocycles. The van der Waals surface area contributed by atoms with E-state index in [1.54, 1.807) is 0 Å². The van der Waals surface area contributed by atoms with Crippen LogP contribution in [-0.2, 0) is 19.4 Å². The molecule has 4 heteroatoms. The normalized spacial score (nSPS) is 12.6. The second-order valence-electron chi connectivity index (χ2n) is 4.91. The Hall–Kier alpha value is -0.800. The average molecular weight is 356 g/mol. The lowest BCUT2D eigenvalue weighted by atomic mass is 9.96. The first-order valence-electron chi connectivity index (χ1n) is 7.04. The van der Waals surface area contributed by atoms with Crippen LogP contribution in [0.2, 0.25) is 5.02 Å². The Kier molecular flexibility index (Phi) is 5.67. The summed E-state index contributed by atoms with van der Waals surface area (Å²) in [6, 6.07) is 10.4. The maximum atomic E-state index is 6.10. The number of hydrogen-bond acceptors (Lipinski definition) is 1. The molecule has 0 saturated heterocycles. The van der Waals surface area contributed by atoms with Gasteiger partial charge in [-0.3, -0.25) is 4.68 Å². The maximum absolute atomic E-state index is 6.10. The molecule has 0 aliphatic rings. The van der Waals surface area contributed by atoms with E-state index in [9.17, 15) is 0 Å². The fraction of sp³-hybridized carbons (Fsp3) is 0.438. The van der Waals surface area contributed by atoms with Crippen LogP contribution >= 0.6 is 27.5 Å². The molecule has 0 saturated carbocycles. The first-order valence-corrected chi connectivity index (χ1v) is 8.54. The summed E-state index contributed by atoms with van der Waals surface area (Å²) in [6.45, 7) is 5.20. The number of alkyl halides is 1. The molecule has 0 aliphatic heterocycles. The summed E-state index contributed by atoms with van der Waals surface area (Å²) in [6.07, 6.45) is 1.96. The van der Waals surface area contributed by atoms with Gasteiger partial charge in [0.2, 0.25) is 0 Å². The number of rotatable bonds is 6. The van der Waals surface area contributed by atoms with Gasteiger partial charge in [-0.05, 0) is 49.4 Å². The van der Waals surface area contributed by atoms with E-state index in [0.29, 0.717) is 5.92 Å². The first-order chi connectivity index (χ1) is 9.67. The topological polar surface area (TPSA) is 17.8 Å². The Morgan fingerprint density at radius 1 is 1.30 bits per heavy atom. The minimum Gasteiger partial charge on any atom is -0.270 e. The minimum atomic E-state index is 0.417. The number of hydrogen-bond donors (Lipinski definition) is 0. The van der Waals surface area contributed by atoms with E-state index in [2.05, 4.69) is 57.8 Å². The summed E-state index contributed by atoms with van der Waals surface area (Å²) in [4.78, 5) is 0. The molecule has 0 fully saturated rings. The molecule has 1 unspecified atom stereocenters. The first kappa shape index (κ1) is 15.6. The summed E-state index contributed by atoms with van der Waals surface area (Å²) < 4.78 is 2.11. The van der Waals surface area contributed by atoms with Gasteiger partial charge in [-0.2, -0.15) is 5.10 Å². The Balaban J connectivity index is 2.24. The van der Waals surface area contributed by atoms with Crippen molar-refractivity contribution < 1.29 is 0 Å². The second kappa shape index (κ2) is 7.28. The zero-order chi connectivity index (χ0) is 14.5. The molecule has 1 aromatic carbocycles. The van der Waals surface area contributed by atoms with Crippen LogP contribution in [0.1, 0.15) is 36.7 Å². The second-order valence-corrected chi connectivity index (χ2v) is 5.99. The molecular weight excluding hydrogens is 336 g/mol. The van der Waals surface area contributed by atoms with Crippen molar-refractivity contribution in [3.05, 3.63) is 52.3 Å². The highest BCUT2D eigenvalue weighted by Gasteiger charge is 2.15. The molecule has 20 heavy (non-hydrogen) atoms. The number of halogens is 2. The third kappa shape index (κ3) is 3.64. The lowest BCUT2D eigenvalue weighted by molar-refractivity contribution is 0.594. The van der Waals surface area contributed by atoms with Gasteiger partial charge in [0.05, 0.1) is 5.69 Å². The fourth-order valence-electron chi connectivity index (χ4n) is 2.40. The molecule has 2 aromatic rings. The summed E-state index contributed by atoms with van der Waals surface area (Å²) in [5, 5.41) is 6.34. The molecule has 0 N–H and O–H groups in total. The third-order valence-corrected chi connectivity index (χ3v) is 4.55. The number of aryl methyl sites for hydroxylation is 2. The highest BCUT2D eigenvalue weighted by atomic mass is 79.9. The third-order valence-electron chi connectivity index (χ3n) is 3.54. The number of nitrogens with zero attached hydrogens (tertiary/aromatic N) is 2. The Morgan fingerprint density at radius 3 is 2.70 bits per heavy atom. The largest absolute Gasteiger partial charge is 0.270 e. The highest BCUT2D eigenvalue weighted by Crippen LogP contribution is 2.25. The van der Waals surface area contributed by atoms with Crippen LogP contribution in [0.4, 0.5) is 0 Å². The van der Waals surface area contributed by atoms with Gasteiger partial charge in [-0.1, -0.05) is 46.6 Å². The fourth-order valence-corrected chi connectivity index (χ4v) is 3.20. The molecule has 2 nitrogen and oxygen atoms in total. The van der Waals surface area contributed by atoms with Gasteiger partial charge in [0.25, 0.3) is 0 Å². The van der Waals surface area contributed by atoms with Crippen LogP contribution in [-0.4, -0.2) is 15.1 Å². The van der Waals surface area contributed by atoms with Crippen LogP contribution in [0.5, 0.6) is 0 Å². The van der Waals surface area contributed by atoms with Gasteiger partial charge >= 0.3 is 0 Å². The number of benzene rings is 1. The van der Waals surface area contributed by atoms with E-state index in [-0.39, 0.29) is 0 Å². The molecule has 108 valence electrons. The van der Waals surface area contributed by atoms with E-state index >= 15 is 0 Å². The Morgan fingerprint density at radius 2 is 2.10 bits per heavy atom. The standard InChI is InChI=1S/C16H20BrClN2/c1-3-15-10-16(20(4-2)19-15)9-13(11-17)12-6-5-7-14(18)8-12/h5-8,10,13H,3-4,9,11H2,1-2H3. The Bertz CT molecular complexity index is 565. The lowest BCUT2D eigenvalue weighted by Gasteiger charge is -2.15. The van der Waals surface area contributed by atoms with Crippen molar-refractivity contribution in [2.75, 3.05) is 5.33 Å². The predicted molar refractivity (Wildman–Crippen MR) is 89.0 cm³/mol. The molecule has 0 spiro atoms. The van der Waals surface area contributed by atoms with E-state index in [1.165, 1.54) is 17.0 Å². The highest BCUT2D eigenvalue weighted by molar-refractivity contribution is 9.09. The summed E-state index contributed by atoms with van der Waals surface area (Å²) in [7, 11) is 0. The average Bonchev–Trinajstić information content (AvgIpc) is 2.87. The van der Waals surface area contributed by atoms with Crippen LogP contribution in [0.25, 0.3) is 0 Å². The van der Waals surface area contributed by atoms with Gasteiger partial charge in [0.1, 0.15) is 0 Å². The molecule has 0 aliphatic carbocycles. The molecule has 1 atom stereocenters. The predicted octanol–water partition coefficient (Wildman–Crippen LogP) is 4.84. The van der Waals surface area contributed by atoms with Gasteiger partial charge in [0.15, 0.2) is 0 Å². The molecule has 0 bridgehead atoms. The zero-order valence-corrected chi connectivity index (χ0v) is 14.3. The van der Waals surface area contributed by atoms with Crippen LogP contribution in [0, 0.1) is 0 Å². The monoisotopic (exact) mass is 354 g/mol. The van der Waals surface area contributed by atoms with E-state index in [4.69, 9.17) is 11.6 Å². The van der Waals surface area contributed by atoms with Crippen molar-refractivity contribution in [1.29, 1.82) is 0 Å². The molecular formula is C16H20BrClN2. The van der Waals surface area contributed by atoms with Crippen molar-refractivity contribution in [2.45, 2.75) is 39.2 Å². The molecule has 1 aromatic heterocycles. The van der Waals surface area contributed by atoms with Crippen LogP contribution in [0.15, 0.2) is 30.3 Å². The van der Waals surface area contributed by atoms with E-state index < -0.39 is 0 Å². The van der Waals surface area contributed by atoms with Gasteiger partial charge < -0.3 is 0 Å². The quantitative estimate of drug-likeness (QED) is 0.678. The van der Waals surface area contributed by atoms with Crippen molar-refractivity contribution in [3.8, 4) is 0 Å². The van der Waals surface area contributed by atoms with Crippen molar-refractivity contribution in [3.63, 3.8) is 0 Å². The van der Waals surface area contributed by atoms with E-state index in [0.717, 1.165) is 29.7 Å².